The standard InChI is InChI=1S/C14H26N2O2/c1-16-8-3-2-7-13(16)10-15-12-6-4-5-11(9-12)14(17)18/h11-13,15H,2-10H2,1H3,(H,17,18). The summed E-state index contributed by atoms with van der Waals surface area (Å²) in [7, 11) is 2.20. The summed E-state index contributed by atoms with van der Waals surface area (Å²) in [5.41, 5.74) is 0. The quantitative estimate of drug-likeness (QED) is 0.802. The van der Waals surface area contributed by atoms with Crippen LogP contribution in [0.1, 0.15) is 44.9 Å². The van der Waals surface area contributed by atoms with Crippen molar-refractivity contribution in [2.24, 2.45) is 5.92 Å². The molecule has 3 atom stereocenters. The fraction of sp³-hybridized carbons (Fsp3) is 0.929. The third-order valence-electron chi connectivity index (χ3n) is 4.59. The van der Waals surface area contributed by atoms with Gasteiger partial charge in [-0.25, -0.2) is 0 Å². The molecule has 0 bridgehead atoms. The van der Waals surface area contributed by atoms with E-state index >= 15 is 0 Å². The van der Waals surface area contributed by atoms with E-state index in [1.165, 1.54) is 25.8 Å². The molecule has 104 valence electrons. The lowest BCUT2D eigenvalue weighted by Crippen LogP contribution is -2.47. The maximum atomic E-state index is 11.0. The first-order valence-corrected chi connectivity index (χ1v) is 7.33. The molecular formula is C14H26N2O2. The Balaban J connectivity index is 1.74. The third kappa shape index (κ3) is 3.69. The number of carboxylic acid groups (broad SMARTS) is 1. The predicted octanol–water partition coefficient (Wildman–Crippen LogP) is 1.70. The Hall–Kier alpha value is -0.610. The number of carboxylic acids is 1. The molecule has 2 fully saturated rings. The highest BCUT2D eigenvalue weighted by molar-refractivity contribution is 5.70. The van der Waals surface area contributed by atoms with Gasteiger partial charge in [-0.1, -0.05) is 12.8 Å². The second kappa shape index (κ2) is 6.53. The van der Waals surface area contributed by atoms with Gasteiger partial charge in [0.05, 0.1) is 5.92 Å². The Labute approximate surface area is 110 Å². The lowest BCUT2D eigenvalue weighted by Gasteiger charge is -2.35. The van der Waals surface area contributed by atoms with Gasteiger partial charge in [-0.15, -0.1) is 0 Å². The molecule has 0 spiro atoms. The topological polar surface area (TPSA) is 52.6 Å². The lowest BCUT2D eigenvalue weighted by atomic mass is 9.85. The summed E-state index contributed by atoms with van der Waals surface area (Å²) >= 11 is 0. The zero-order valence-corrected chi connectivity index (χ0v) is 11.4. The Morgan fingerprint density at radius 1 is 1.28 bits per heavy atom. The van der Waals surface area contributed by atoms with E-state index in [1.54, 1.807) is 0 Å². The molecule has 2 aliphatic rings. The van der Waals surface area contributed by atoms with Gasteiger partial charge in [-0.2, -0.15) is 0 Å². The van der Waals surface area contributed by atoms with Gasteiger partial charge >= 0.3 is 5.97 Å². The summed E-state index contributed by atoms with van der Waals surface area (Å²) in [6.07, 6.45) is 7.78. The zero-order chi connectivity index (χ0) is 13.0. The van der Waals surface area contributed by atoms with E-state index in [9.17, 15) is 4.79 Å². The highest BCUT2D eigenvalue weighted by Gasteiger charge is 2.27. The maximum absolute atomic E-state index is 11.0. The summed E-state index contributed by atoms with van der Waals surface area (Å²) in [6, 6.07) is 1.05. The van der Waals surface area contributed by atoms with Crippen LogP contribution in [-0.4, -0.2) is 48.2 Å². The summed E-state index contributed by atoms with van der Waals surface area (Å²) in [4.78, 5) is 13.5. The average Bonchev–Trinajstić information content (AvgIpc) is 2.38. The molecule has 3 unspecified atom stereocenters. The van der Waals surface area contributed by atoms with Gasteiger partial charge < -0.3 is 15.3 Å². The smallest absolute Gasteiger partial charge is 0.306 e. The summed E-state index contributed by atoms with van der Waals surface area (Å²) in [5, 5.41) is 12.7. The first-order chi connectivity index (χ1) is 8.66. The molecule has 4 heteroatoms. The van der Waals surface area contributed by atoms with Crippen molar-refractivity contribution in [2.45, 2.75) is 57.0 Å². The van der Waals surface area contributed by atoms with Crippen LogP contribution >= 0.6 is 0 Å². The van der Waals surface area contributed by atoms with E-state index in [1.807, 2.05) is 0 Å². The molecule has 0 aromatic carbocycles. The number of hydrogen-bond acceptors (Lipinski definition) is 3. The lowest BCUT2D eigenvalue weighted by molar-refractivity contribution is -0.143. The summed E-state index contributed by atoms with van der Waals surface area (Å²) < 4.78 is 0. The number of likely N-dealkylation sites (tertiary alicyclic amines) is 1. The molecule has 1 heterocycles. The van der Waals surface area contributed by atoms with Crippen molar-refractivity contribution in [3.8, 4) is 0 Å². The van der Waals surface area contributed by atoms with Crippen LogP contribution in [-0.2, 0) is 4.79 Å². The molecule has 0 amide bonds. The van der Waals surface area contributed by atoms with Crippen molar-refractivity contribution >= 4 is 5.97 Å². The van der Waals surface area contributed by atoms with Crippen molar-refractivity contribution in [1.29, 1.82) is 0 Å². The van der Waals surface area contributed by atoms with E-state index in [0.29, 0.717) is 12.1 Å². The molecule has 0 aromatic heterocycles. The van der Waals surface area contributed by atoms with E-state index in [0.717, 1.165) is 32.2 Å². The van der Waals surface area contributed by atoms with Gasteiger partial charge in [0, 0.05) is 18.6 Å². The molecule has 1 saturated heterocycles. The maximum Gasteiger partial charge on any atom is 0.306 e. The number of carbonyl (C=O) groups is 1. The van der Waals surface area contributed by atoms with E-state index in [4.69, 9.17) is 5.11 Å². The molecule has 1 aliphatic heterocycles. The summed E-state index contributed by atoms with van der Waals surface area (Å²) in [6.45, 7) is 2.22. The normalized spacial score (nSPS) is 34.4. The number of likely N-dealkylation sites (N-methyl/N-ethyl adjacent to an activating group) is 1. The number of rotatable bonds is 4. The second-order valence-corrected chi connectivity index (χ2v) is 5.94. The van der Waals surface area contributed by atoms with Crippen LogP contribution in [0.25, 0.3) is 0 Å². The van der Waals surface area contributed by atoms with Gasteiger partial charge in [0.25, 0.3) is 0 Å². The predicted molar refractivity (Wildman–Crippen MR) is 71.7 cm³/mol. The first-order valence-electron chi connectivity index (χ1n) is 7.33. The Morgan fingerprint density at radius 3 is 2.83 bits per heavy atom. The fourth-order valence-electron chi connectivity index (χ4n) is 3.30. The third-order valence-corrected chi connectivity index (χ3v) is 4.59. The highest BCUT2D eigenvalue weighted by atomic mass is 16.4. The van der Waals surface area contributed by atoms with Gasteiger partial charge in [-0.3, -0.25) is 4.79 Å². The molecule has 4 nitrogen and oxygen atoms in total. The molecule has 1 aliphatic carbocycles. The van der Waals surface area contributed by atoms with Gasteiger partial charge in [0.2, 0.25) is 0 Å². The molecule has 18 heavy (non-hydrogen) atoms. The number of nitrogens with zero attached hydrogens (tertiary/aromatic N) is 1. The number of piperidine rings is 1. The fourth-order valence-corrected chi connectivity index (χ4v) is 3.30. The number of nitrogens with one attached hydrogen (secondary N) is 1. The Morgan fingerprint density at radius 2 is 2.11 bits per heavy atom. The van der Waals surface area contributed by atoms with Crippen LogP contribution in [0.3, 0.4) is 0 Å². The molecule has 2 rings (SSSR count). The van der Waals surface area contributed by atoms with Gasteiger partial charge in [0.1, 0.15) is 0 Å². The van der Waals surface area contributed by atoms with E-state index in [2.05, 4.69) is 17.3 Å². The van der Waals surface area contributed by atoms with Crippen LogP contribution in [0.4, 0.5) is 0 Å². The van der Waals surface area contributed by atoms with Crippen molar-refractivity contribution < 1.29 is 9.90 Å². The average molecular weight is 254 g/mol. The molecule has 2 N–H and O–H groups in total. The highest BCUT2D eigenvalue weighted by Crippen LogP contribution is 2.24. The molecular weight excluding hydrogens is 228 g/mol. The SMILES string of the molecule is CN1CCCCC1CNC1CCCC(C(=O)O)C1. The number of hydrogen-bond donors (Lipinski definition) is 2. The second-order valence-electron chi connectivity index (χ2n) is 5.94. The van der Waals surface area contributed by atoms with E-state index in [-0.39, 0.29) is 5.92 Å². The molecule has 1 saturated carbocycles. The molecule has 0 aromatic rings. The van der Waals surface area contributed by atoms with Crippen LogP contribution in [0.2, 0.25) is 0 Å². The van der Waals surface area contributed by atoms with Crippen LogP contribution < -0.4 is 5.32 Å². The van der Waals surface area contributed by atoms with Crippen molar-refractivity contribution in [1.82, 2.24) is 10.2 Å². The Bertz CT molecular complexity index is 283. The minimum atomic E-state index is -0.615. The van der Waals surface area contributed by atoms with Gasteiger partial charge in [-0.05, 0) is 45.7 Å². The van der Waals surface area contributed by atoms with Crippen molar-refractivity contribution in [3.63, 3.8) is 0 Å². The first kappa shape index (κ1) is 13.8. The number of aliphatic carboxylic acids is 1. The van der Waals surface area contributed by atoms with Crippen molar-refractivity contribution in [3.05, 3.63) is 0 Å². The van der Waals surface area contributed by atoms with Crippen LogP contribution in [0, 0.1) is 5.92 Å². The minimum Gasteiger partial charge on any atom is -0.481 e. The Kier molecular flexibility index (Phi) is 5.01. The summed E-state index contributed by atoms with van der Waals surface area (Å²) in [5.74, 6) is -0.739. The van der Waals surface area contributed by atoms with Crippen LogP contribution in [0.5, 0.6) is 0 Å². The minimum absolute atomic E-state index is 0.125. The molecule has 0 radical (unpaired) electrons. The van der Waals surface area contributed by atoms with E-state index < -0.39 is 5.97 Å². The van der Waals surface area contributed by atoms with Crippen molar-refractivity contribution in [2.75, 3.05) is 20.1 Å². The zero-order valence-electron chi connectivity index (χ0n) is 11.4. The largest absolute Gasteiger partial charge is 0.481 e. The van der Waals surface area contributed by atoms with Gasteiger partial charge in [0.15, 0.2) is 0 Å². The van der Waals surface area contributed by atoms with Crippen LogP contribution in [0.15, 0.2) is 0 Å². The monoisotopic (exact) mass is 254 g/mol.